The van der Waals surface area contributed by atoms with Crippen LogP contribution in [0.1, 0.15) is 112 Å². The van der Waals surface area contributed by atoms with Crippen molar-refractivity contribution in [1.82, 2.24) is 0 Å². The summed E-state index contributed by atoms with van der Waals surface area (Å²) in [6, 6.07) is 0. The van der Waals surface area contributed by atoms with E-state index in [1.54, 1.807) is 13.8 Å². The lowest BCUT2D eigenvalue weighted by Gasteiger charge is -2.64. The first-order valence-electron chi connectivity index (χ1n) is 19.0. The van der Waals surface area contributed by atoms with E-state index in [0.29, 0.717) is 38.0 Å². The zero-order chi connectivity index (χ0) is 42.3. The molecule has 20 heteroatoms. The third-order valence-electron chi connectivity index (χ3n) is 13.9. The Hall–Kier alpha value is -1.68. The smallest absolute Gasteiger partial charge is 0.370 e. The molecule has 324 valence electrons. The Morgan fingerprint density at radius 1 is 0.679 bits per heavy atom. The Morgan fingerprint density at radius 2 is 1.09 bits per heavy atom. The fourth-order valence-corrected chi connectivity index (χ4v) is 12.4. The number of alkyl halides is 4. The van der Waals surface area contributed by atoms with Crippen LogP contribution in [0.25, 0.3) is 0 Å². The van der Waals surface area contributed by atoms with Crippen molar-refractivity contribution < 1.29 is 82.3 Å². The number of hydrogen-bond acceptors (Lipinski definition) is 14. The van der Waals surface area contributed by atoms with Gasteiger partial charge < -0.3 is 38.3 Å². The van der Waals surface area contributed by atoms with Gasteiger partial charge >= 0.3 is 22.4 Å². The predicted octanol–water partition coefficient (Wildman–Crippen LogP) is 4.22. The standard InChI is InChI=1S/2C18H28F2O7S/c1-11(18(19,20)28(23,24)25)27-14(21)9-26-17-7-12-4-13(8-17)6-16(5-12,10-17)15(2,3)22;1-10(18(19,20)28(23,24)25)27-14(21)9-26-15-12-4-11-5-13(15)8-17(6-11,7-12)16(2,3)22/h11-13,22H,4-10H2,1-3H3,(H,23,24,25);10-13,15,22H,4-9H2,1-3H3,(H,23,24,25)/p-2. The Kier molecular flexibility index (Phi) is 12.0. The minimum Gasteiger partial charge on any atom is -0.743 e. The van der Waals surface area contributed by atoms with Crippen LogP contribution in [-0.4, -0.2) is 107 Å². The molecule has 0 radical (unpaired) electrons. The van der Waals surface area contributed by atoms with Gasteiger partial charge in [0.2, 0.25) is 0 Å². The van der Waals surface area contributed by atoms with Gasteiger partial charge in [-0.05, 0) is 147 Å². The molecule has 0 aromatic rings. The molecule has 0 spiro atoms. The van der Waals surface area contributed by atoms with Gasteiger partial charge in [0.1, 0.15) is 13.2 Å². The molecule has 2 N–H and O–H groups in total. The third-order valence-corrected chi connectivity index (χ3v) is 15.9. The van der Waals surface area contributed by atoms with E-state index in [0.717, 1.165) is 64.2 Å². The quantitative estimate of drug-likeness (QED) is 0.142. The summed E-state index contributed by atoms with van der Waals surface area (Å²) in [5.74, 6) is -0.685. The second-order valence-corrected chi connectivity index (χ2v) is 21.6. The van der Waals surface area contributed by atoms with Crippen LogP contribution in [0.3, 0.4) is 0 Å². The minimum atomic E-state index is -5.95. The third kappa shape index (κ3) is 8.64. The van der Waals surface area contributed by atoms with Gasteiger partial charge in [-0.15, -0.1) is 0 Å². The van der Waals surface area contributed by atoms with Gasteiger partial charge in [-0.2, -0.15) is 17.6 Å². The van der Waals surface area contributed by atoms with Crippen LogP contribution in [0.2, 0.25) is 0 Å². The van der Waals surface area contributed by atoms with Crippen LogP contribution in [0.5, 0.6) is 0 Å². The van der Waals surface area contributed by atoms with Crippen LogP contribution in [-0.2, 0) is 48.8 Å². The second-order valence-electron chi connectivity index (χ2n) is 18.7. The van der Waals surface area contributed by atoms with Crippen molar-refractivity contribution in [3.05, 3.63) is 0 Å². The predicted molar refractivity (Wildman–Crippen MR) is 185 cm³/mol. The van der Waals surface area contributed by atoms with Crippen molar-refractivity contribution in [2.75, 3.05) is 13.2 Å². The molecule has 0 aromatic heterocycles. The van der Waals surface area contributed by atoms with Gasteiger partial charge in [-0.3, -0.25) is 0 Å². The summed E-state index contributed by atoms with van der Waals surface area (Å²) in [6.07, 6.45) is 4.28. The van der Waals surface area contributed by atoms with Gasteiger partial charge in [0, 0.05) is 5.41 Å². The Balaban J connectivity index is 0.000000214. The summed E-state index contributed by atoms with van der Waals surface area (Å²) in [7, 11) is -11.9. The zero-order valence-electron chi connectivity index (χ0n) is 32.4. The molecule has 8 saturated carbocycles. The van der Waals surface area contributed by atoms with E-state index in [9.17, 15) is 63.3 Å². The van der Waals surface area contributed by atoms with Gasteiger partial charge in [0.25, 0.3) is 0 Å². The summed E-state index contributed by atoms with van der Waals surface area (Å²) < 4.78 is 138. The molecule has 14 nitrogen and oxygen atoms in total. The van der Waals surface area contributed by atoms with E-state index in [-0.39, 0.29) is 28.8 Å². The number of carbonyl (C=O) groups is 2. The molecule has 6 unspecified atom stereocenters. The summed E-state index contributed by atoms with van der Waals surface area (Å²) in [5, 5.41) is 12.0. The molecule has 8 aliphatic carbocycles. The highest BCUT2D eigenvalue weighted by Crippen LogP contribution is 2.66. The zero-order valence-corrected chi connectivity index (χ0v) is 34.1. The highest BCUT2D eigenvalue weighted by atomic mass is 32.2. The van der Waals surface area contributed by atoms with Crippen LogP contribution in [0.4, 0.5) is 17.6 Å². The van der Waals surface area contributed by atoms with E-state index >= 15 is 0 Å². The molecule has 0 saturated heterocycles. The molecule has 0 aliphatic heterocycles. The molecule has 8 aliphatic rings. The van der Waals surface area contributed by atoms with Gasteiger partial charge in [0.15, 0.2) is 32.4 Å². The second kappa shape index (κ2) is 14.8. The first kappa shape index (κ1) is 45.4. The lowest BCUT2D eigenvalue weighted by atomic mass is 9.44. The van der Waals surface area contributed by atoms with Gasteiger partial charge in [0.05, 0.1) is 22.9 Å². The molecular weight excluding hydrogens is 797 g/mol. The maximum atomic E-state index is 13.5. The maximum Gasteiger partial charge on any atom is 0.370 e. The van der Waals surface area contributed by atoms with Gasteiger partial charge in [-0.25, -0.2) is 26.4 Å². The molecule has 56 heavy (non-hydrogen) atoms. The Morgan fingerprint density at radius 3 is 1.50 bits per heavy atom. The number of halogens is 4. The Bertz CT molecular complexity index is 1690. The molecule has 0 heterocycles. The molecular formula is C36H54F4O14S2-2. The minimum absolute atomic E-state index is 0.164. The van der Waals surface area contributed by atoms with Crippen LogP contribution in [0, 0.1) is 40.4 Å². The number of carbonyl (C=O) groups excluding carboxylic acids is 2. The van der Waals surface area contributed by atoms with Crippen LogP contribution < -0.4 is 0 Å². The molecule has 6 atom stereocenters. The number of aliphatic hydroxyl groups is 2. The van der Waals surface area contributed by atoms with Crippen molar-refractivity contribution in [2.45, 2.75) is 158 Å². The lowest BCUT2D eigenvalue weighted by molar-refractivity contribution is -0.239. The van der Waals surface area contributed by atoms with Crippen LogP contribution in [0.15, 0.2) is 0 Å². The SMILES string of the molecule is CC(OC(=O)COC12CC3CC(C1)CC(C(C)(C)O)(C3)C2)C(F)(F)S(=O)(=O)[O-].CC(OC(=O)COC1C2CC3CC1CC(C(C)(C)O)(C3)C2)C(F)(F)S(=O)(=O)[O-]. The molecule has 8 bridgehead atoms. The maximum absolute atomic E-state index is 13.5. The van der Waals surface area contributed by atoms with Crippen LogP contribution >= 0.6 is 0 Å². The summed E-state index contributed by atoms with van der Waals surface area (Å²) in [4.78, 5) is 23.8. The highest BCUT2D eigenvalue weighted by Gasteiger charge is 2.63. The normalized spacial score (nSPS) is 36.4. The number of rotatable bonds is 14. The molecule has 0 aromatic carbocycles. The molecule has 8 rings (SSSR count). The topological polar surface area (TPSA) is 226 Å². The molecule has 8 fully saturated rings. The number of ether oxygens (including phenoxy) is 4. The van der Waals surface area contributed by atoms with Crippen molar-refractivity contribution in [3.8, 4) is 0 Å². The summed E-state index contributed by atoms with van der Waals surface area (Å²) in [6.45, 7) is 7.35. The fraction of sp³-hybridized carbons (Fsp3) is 0.944. The Labute approximate surface area is 325 Å². The van der Waals surface area contributed by atoms with Gasteiger partial charge in [-0.1, -0.05) is 0 Å². The van der Waals surface area contributed by atoms with E-state index in [4.69, 9.17) is 9.47 Å². The lowest BCUT2D eigenvalue weighted by Crippen LogP contribution is -2.63. The van der Waals surface area contributed by atoms with E-state index < -0.39 is 84.9 Å². The molecule has 0 amide bonds. The fourth-order valence-electron chi connectivity index (χ4n) is 11.4. The van der Waals surface area contributed by atoms with Crippen molar-refractivity contribution in [3.63, 3.8) is 0 Å². The first-order valence-corrected chi connectivity index (χ1v) is 21.8. The first-order chi connectivity index (χ1) is 25.3. The number of hydrogen-bond donors (Lipinski definition) is 2. The number of esters is 2. The average Bonchev–Trinajstić information content (AvgIpc) is 3.01. The highest BCUT2D eigenvalue weighted by molar-refractivity contribution is 7.87. The van der Waals surface area contributed by atoms with E-state index in [1.807, 2.05) is 13.8 Å². The van der Waals surface area contributed by atoms with E-state index in [1.165, 1.54) is 0 Å². The average molecular weight is 851 g/mol. The van der Waals surface area contributed by atoms with Crippen molar-refractivity contribution in [1.29, 1.82) is 0 Å². The van der Waals surface area contributed by atoms with Crippen molar-refractivity contribution >= 4 is 32.2 Å². The summed E-state index contributed by atoms with van der Waals surface area (Å²) in [5.41, 5.74) is -2.81. The summed E-state index contributed by atoms with van der Waals surface area (Å²) >= 11 is 0. The monoisotopic (exact) mass is 850 g/mol. The largest absolute Gasteiger partial charge is 0.743 e. The van der Waals surface area contributed by atoms with Crippen molar-refractivity contribution in [2.24, 2.45) is 40.4 Å². The van der Waals surface area contributed by atoms with E-state index in [2.05, 4.69) is 9.47 Å².